The highest BCUT2D eigenvalue weighted by Gasteiger charge is 2.31. The summed E-state index contributed by atoms with van der Waals surface area (Å²) in [5.41, 5.74) is 3.33. The van der Waals surface area contributed by atoms with Gasteiger partial charge in [0.05, 0.1) is 0 Å². The third-order valence-electron chi connectivity index (χ3n) is 4.98. The number of nitrogens with zero attached hydrogens (tertiary/aromatic N) is 1. The first kappa shape index (κ1) is 18.3. The lowest BCUT2D eigenvalue weighted by molar-refractivity contribution is -0.129. The Morgan fingerprint density at radius 3 is 2.18 bits per heavy atom. The quantitative estimate of drug-likeness (QED) is 0.713. The fourth-order valence-electron chi connectivity index (χ4n) is 3.55. The van der Waals surface area contributed by atoms with Crippen LogP contribution in [0.25, 0.3) is 0 Å². The zero-order chi connectivity index (χ0) is 19.2. The van der Waals surface area contributed by atoms with Crippen LogP contribution in [0, 0.1) is 0 Å². The summed E-state index contributed by atoms with van der Waals surface area (Å²) in [5.74, 6) is 0.860. The van der Waals surface area contributed by atoms with Gasteiger partial charge in [0.25, 0.3) is 0 Å². The molecule has 0 spiro atoms. The zero-order valence-corrected chi connectivity index (χ0v) is 15.8. The zero-order valence-electron chi connectivity index (χ0n) is 15.8. The maximum atomic E-state index is 12.6. The third kappa shape index (κ3) is 4.41. The summed E-state index contributed by atoms with van der Waals surface area (Å²) >= 11 is 0. The van der Waals surface area contributed by atoms with Crippen LogP contribution >= 0.6 is 0 Å². The summed E-state index contributed by atoms with van der Waals surface area (Å²) in [6.07, 6.45) is 0. The number of rotatable bonds is 6. The predicted octanol–water partition coefficient (Wildman–Crippen LogP) is 3.94. The molecule has 1 amide bonds. The molecule has 3 aromatic carbocycles. The predicted molar refractivity (Wildman–Crippen MR) is 110 cm³/mol. The number of nitrogens with one attached hydrogen (secondary N) is 1. The minimum Gasteiger partial charge on any atom is -0.489 e. The molecular weight excluding hydrogens is 348 g/mol. The minimum atomic E-state index is -0.280. The second-order valence-corrected chi connectivity index (χ2v) is 6.99. The van der Waals surface area contributed by atoms with Crippen molar-refractivity contribution in [3.8, 4) is 5.75 Å². The van der Waals surface area contributed by atoms with Gasteiger partial charge in [-0.1, -0.05) is 72.8 Å². The molecule has 1 N–H and O–H groups in total. The molecule has 1 heterocycles. The summed E-state index contributed by atoms with van der Waals surface area (Å²) < 4.78 is 5.87. The van der Waals surface area contributed by atoms with Crippen molar-refractivity contribution in [3.63, 3.8) is 0 Å². The van der Waals surface area contributed by atoms with E-state index in [9.17, 15) is 4.79 Å². The van der Waals surface area contributed by atoms with Gasteiger partial charge >= 0.3 is 0 Å². The molecule has 142 valence electrons. The Balaban J connectivity index is 1.46. The number of carbonyl (C=O) groups is 1. The number of piperazine rings is 1. The average molecular weight is 372 g/mol. The molecule has 0 aliphatic carbocycles. The summed E-state index contributed by atoms with van der Waals surface area (Å²) in [6.45, 7) is 2.80. The van der Waals surface area contributed by atoms with Gasteiger partial charge in [0.2, 0.25) is 5.91 Å². The molecular formula is C24H24N2O2. The first-order valence-corrected chi connectivity index (χ1v) is 9.62. The van der Waals surface area contributed by atoms with Gasteiger partial charge in [-0.15, -0.1) is 0 Å². The molecule has 4 nitrogen and oxygen atoms in total. The van der Waals surface area contributed by atoms with Crippen LogP contribution in [0.15, 0.2) is 84.9 Å². The average Bonchev–Trinajstić information content (AvgIpc) is 2.75. The van der Waals surface area contributed by atoms with E-state index < -0.39 is 0 Å². The largest absolute Gasteiger partial charge is 0.489 e. The maximum absolute atomic E-state index is 12.6. The van der Waals surface area contributed by atoms with E-state index in [-0.39, 0.29) is 11.9 Å². The maximum Gasteiger partial charge on any atom is 0.242 e. The van der Waals surface area contributed by atoms with E-state index in [1.807, 2.05) is 72.8 Å². The van der Waals surface area contributed by atoms with Gasteiger partial charge in [-0.2, -0.15) is 0 Å². The van der Waals surface area contributed by atoms with Gasteiger partial charge in [0.1, 0.15) is 18.4 Å². The van der Waals surface area contributed by atoms with E-state index in [1.54, 1.807) is 0 Å². The molecule has 0 bridgehead atoms. The van der Waals surface area contributed by atoms with Crippen molar-refractivity contribution >= 4 is 5.91 Å². The minimum absolute atomic E-state index is 0.0557. The molecule has 1 unspecified atom stereocenters. The van der Waals surface area contributed by atoms with Crippen LogP contribution < -0.4 is 10.1 Å². The molecule has 1 aliphatic heterocycles. The van der Waals surface area contributed by atoms with E-state index in [0.29, 0.717) is 13.2 Å². The van der Waals surface area contributed by atoms with Crippen molar-refractivity contribution < 1.29 is 9.53 Å². The van der Waals surface area contributed by atoms with Gasteiger partial charge in [0.15, 0.2) is 0 Å². The molecule has 4 heteroatoms. The highest BCUT2D eigenvalue weighted by molar-refractivity contribution is 5.84. The molecule has 0 radical (unpaired) electrons. The van der Waals surface area contributed by atoms with Crippen molar-refractivity contribution in [1.29, 1.82) is 0 Å². The van der Waals surface area contributed by atoms with Crippen molar-refractivity contribution in [3.05, 3.63) is 102 Å². The van der Waals surface area contributed by atoms with Gasteiger partial charge < -0.3 is 10.1 Å². The van der Waals surface area contributed by atoms with Gasteiger partial charge in [0, 0.05) is 19.6 Å². The molecule has 1 atom stereocenters. The Labute approximate surface area is 165 Å². The van der Waals surface area contributed by atoms with Crippen molar-refractivity contribution in [2.75, 3.05) is 13.1 Å². The normalized spacial score (nSPS) is 17.1. The Kier molecular flexibility index (Phi) is 5.69. The lowest BCUT2D eigenvalue weighted by Crippen LogP contribution is -2.49. The van der Waals surface area contributed by atoms with Crippen LogP contribution in [0.5, 0.6) is 5.75 Å². The van der Waals surface area contributed by atoms with Crippen LogP contribution in [0.2, 0.25) is 0 Å². The molecule has 1 saturated heterocycles. The van der Waals surface area contributed by atoms with E-state index in [0.717, 1.165) is 30.0 Å². The molecule has 28 heavy (non-hydrogen) atoms. The fraction of sp³-hybridized carbons (Fsp3) is 0.208. The van der Waals surface area contributed by atoms with E-state index >= 15 is 0 Å². The SMILES string of the molecule is O=C1NCCN(Cc2ccccc2)C1c1ccc(OCc2ccccc2)cc1. The van der Waals surface area contributed by atoms with Crippen LogP contribution in [0.4, 0.5) is 0 Å². The van der Waals surface area contributed by atoms with Crippen LogP contribution in [-0.2, 0) is 17.9 Å². The smallest absolute Gasteiger partial charge is 0.242 e. The number of amides is 1. The molecule has 1 aliphatic rings. The third-order valence-corrected chi connectivity index (χ3v) is 4.98. The second kappa shape index (κ2) is 8.72. The summed E-state index contributed by atoms with van der Waals surface area (Å²) in [5, 5.41) is 3.00. The number of ether oxygens (including phenoxy) is 1. The number of benzene rings is 3. The first-order valence-electron chi connectivity index (χ1n) is 9.62. The van der Waals surface area contributed by atoms with Crippen molar-refractivity contribution in [2.45, 2.75) is 19.2 Å². The van der Waals surface area contributed by atoms with Gasteiger partial charge in [-0.3, -0.25) is 9.69 Å². The molecule has 4 rings (SSSR count). The second-order valence-electron chi connectivity index (χ2n) is 6.99. The Morgan fingerprint density at radius 2 is 1.50 bits per heavy atom. The molecule has 0 saturated carbocycles. The van der Waals surface area contributed by atoms with Crippen LogP contribution in [0.3, 0.4) is 0 Å². The first-order chi connectivity index (χ1) is 13.8. The van der Waals surface area contributed by atoms with Gasteiger partial charge in [-0.25, -0.2) is 0 Å². The Hall–Kier alpha value is -3.11. The topological polar surface area (TPSA) is 41.6 Å². The molecule has 3 aromatic rings. The number of hydrogen-bond donors (Lipinski definition) is 1. The monoisotopic (exact) mass is 372 g/mol. The van der Waals surface area contributed by atoms with Crippen LogP contribution in [-0.4, -0.2) is 23.9 Å². The highest BCUT2D eigenvalue weighted by Crippen LogP contribution is 2.27. The number of carbonyl (C=O) groups excluding carboxylic acids is 1. The van der Waals surface area contributed by atoms with Crippen molar-refractivity contribution in [2.24, 2.45) is 0 Å². The Morgan fingerprint density at radius 1 is 0.857 bits per heavy atom. The lowest BCUT2D eigenvalue weighted by atomic mass is 10.0. The molecule has 0 aromatic heterocycles. The van der Waals surface area contributed by atoms with Gasteiger partial charge in [-0.05, 0) is 28.8 Å². The highest BCUT2D eigenvalue weighted by atomic mass is 16.5. The lowest BCUT2D eigenvalue weighted by Gasteiger charge is -2.35. The fourth-order valence-corrected chi connectivity index (χ4v) is 3.55. The summed E-state index contributed by atoms with van der Waals surface area (Å²) in [4.78, 5) is 14.8. The summed E-state index contributed by atoms with van der Waals surface area (Å²) in [7, 11) is 0. The molecule has 1 fully saturated rings. The van der Waals surface area contributed by atoms with E-state index in [1.165, 1.54) is 5.56 Å². The standard InChI is InChI=1S/C24H24N2O2/c27-24-23(26(16-15-25-24)17-19-7-3-1-4-8-19)21-11-13-22(14-12-21)28-18-20-9-5-2-6-10-20/h1-14,23H,15-18H2,(H,25,27). The van der Waals surface area contributed by atoms with Crippen molar-refractivity contribution in [1.82, 2.24) is 10.2 Å². The number of hydrogen-bond acceptors (Lipinski definition) is 3. The van der Waals surface area contributed by atoms with E-state index in [4.69, 9.17) is 4.74 Å². The summed E-state index contributed by atoms with van der Waals surface area (Å²) in [6, 6.07) is 28.0. The Bertz CT molecular complexity index is 895. The van der Waals surface area contributed by atoms with Crippen LogP contribution in [0.1, 0.15) is 22.7 Å². The van der Waals surface area contributed by atoms with E-state index in [2.05, 4.69) is 22.3 Å².